The van der Waals surface area contributed by atoms with Crippen molar-refractivity contribution >= 4 is 11.9 Å². The molecule has 0 radical (unpaired) electrons. The molecule has 1 N–H and O–H groups in total. The first-order valence-electron chi connectivity index (χ1n) is 9.06. The van der Waals surface area contributed by atoms with E-state index in [0.717, 1.165) is 17.1 Å². The first-order chi connectivity index (χ1) is 13.0. The van der Waals surface area contributed by atoms with E-state index in [1.54, 1.807) is 19.1 Å². The quantitative estimate of drug-likeness (QED) is 0.771. The van der Waals surface area contributed by atoms with Crippen LogP contribution in [0.4, 0.5) is 0 Å². The molecule has 1 aromatic rings. The van der Waals surface area contributed by atoms with Crippen LogP contribution in [0.3, 0.4) is 0 Å². The highest BCUT2D eigenvalue weighted by Gasteiger charge is 2.33. The predicted molar refractivity (Wildman–Crippen MR) is 97.1 cm³/mol. The number of amides is 1. The number of carboxylic acids is 1. The van der Waals surface area contributed by atoms with Crippen molar-refractivity contribution in [3.8, 4) is 11.5 Å². The largest absolute Gasteiger partial charge is 0.497 e. The van der Waals surface area contributed by atoms with Crippen LogP contribution in [-0.4, -0.2) is 86.4 Å². The number of ether oxygens (including phenoxy) is 3. The molecule has 1 saturated heterocycles. The molecule has 1 amide bonds. The van der Waals surface area contributed by atoms with Crippen LogP contribution in [0.5, 0.6) is 11.5 Å². The van der Waals surface area contributed by atoms with Crippen LogP contribution < -0.4 is 9.47 Å². The fourth-order valence-corrected chi connectivity index (χ4v) is 3.59. The second-order valence-corrected chi connectivity index (χ2v) is 7.05. The SMILES string of the molecule is COc1ccc2c(c1)CC(C(=O)N1CCOC(CN(C)CC(=O)O)C1)CO2. The number of methoxy groups -OCH3 is 1. The minimum absolute atomic E-state index is 0.0527. The van der Waals surface area contributed by atoms with Crippen molar-refractivity contribution in [2.75, 3.05) is 53.6 Å². The molecule has 1 fully saturated rings. The molecule has 27 heavy (non-hydrogen) atoms. The van der Waals surface area contributed by atoms with Crippen molar-refractivity contribution in [3.05, 3.63) is 23.8 Å². The van der Waals surface area contributed by atoms with Crippen LogP contribution >= 0.6 is 0 Å². The Bertz CT molecular complexity index is 695. The lowest BCUT2D eigenvalue weighted by molar-refractivity contribution is -0.146. The van der Waals surface area contributed by atoms with Crippen LogP contribution in [0, 0.1) is 5.92 Å². The maximum absolute atomic E-state index is 13.0. The van der Waals surface area contributed by atoms with Crippen molar-refractivity contribution in [1.29, 1.82) is 0 Å². The number of nitrogens with zero attached hydrogens (tertiary/aromatic N) is 2. The number of carbonyl (C=O) groups is 2. The van der Waals surface area contributed by atoms with E-state index in [9.17, 15) is 9.59 Å². The smallest absolute Gasteiger partial charge is 0.317 e. The minimum Gasteiger partial charge on any atom is -0.497 e. The number of carbonyl (C=O) groups excluding carboxylic acids is 1. The molecule has 2 unspecified atom stereocenters. The summed E-state index contributed by atoms with van der Waals surface area (Å²) >= 11 is 0. The van der Waals surface area contributed by atoms with Gasteiger partial charge in [-0.25, -0.2) is 0 Å². The molecule has 8 nitrogen and oxygen atoms in total. The molecule has 2 aliphatic rings. The van der Waals surface area contributed by atoms with Crippen LogP contribution in [0.2, 0.25) is 0 Å². The average Bonchev–Trinajstić information content (AvgIpc) is 2.66. The van der Waals surface area contributed by atoms with Crippen molar-refractivity contribution in [2.45, 2.75) is 12.5 Å². The Kier molecular flexibility index (Phi) is 6.18. The molecule has 0 spiro atoms. The van der Waals surface area contributed by atoms with Gasteiger partial charge < -0.3 is 24.2 Å². The topological polar surface area (TPSA) is 88.5 Å². The minimum atomic E-state index is -0.880. The highest BCUT2D eigenvalue weighted by molar-refractivity contribution is 5.80. The Morgan fingerprint density at radius 1 is 1.41 bits per heavy atom. The number of carboxylic acid groups (broad SMARTS) is 1. The van der Waals surface area contributed by atoms with E-state index in [2.05, 4.69) is 0 Å². The van der Waals surface area contributed by atoms with E-state index in [0.29, 0.717) is 39.3 Å². The number of morpholine rings is 1. The number of benzene rings is 1. The summed E-state index contributed by atoms with van der Waals surface area (Å²) in [5, 5.41) is 8.87. The van der Waals surface area contributed by atoms with E-state index in [-0.39, 0.29) is 24.5 Å². The molecule has 0 aromatic heterocycles. The van der Waals surface area contributed by atoms with Crippen LogP contribution in [0.1, 0.15) is 5.56 Å². The van der Waals surface area contributed by atoms with Gasteiger partial charge in [-0.3, -0.25) is 14.5 Å². The van der Waals surface area contributed by atoms with Gasteiger partial charge in [-0.2, -0.15) is 0 Å². The Morgan fingerprint density at radius 2 is 2.22 bits per heavy atom. The summed E-state index contributed by atoms with van der Waals surface area (Å²) < 4.78 is 16.7. The zero-order valence-electron chi connectivity index (χ0n) is 15.7. The molecule has 2 atom stereocenters. The van der Waals surface area contributed by atoms with Gasteiger partial charge >= 0.3 is 5.97 Å². The summed E-state index contributed by atoms with van der Waals surface area (Å²) in [5.41, 5.74) is 0.977. The van der Waals surface area contributed by atoms with Gasteiger partial charge in [0.15, 0.2) is 0 Å². The van der Waals surface area contributed by atoms with Crippen LogP contribution in [0.25, 0.3) is 0 Å². The zero-order chi connectivity index (χ0) is 19.4. The third kappa shape index (κ3) is 4.90. The van der Waals surface area contributed by atoms with E-state index in [4.69, 9.17) is 19.3 Å². The first-order valence-corrected chi connectivity index (χ1v) is 9.06. The summed E-state index contributed by atoms with van der Waals surface area (Å²) in [5.74, 6) is 0.487. The molecular weight excluding hydrogens is 352 g/mol. The molecule has 0 bridgehead atoms. The fourth-order valence-electron chi connectivity index (χ4n) is 3.59. The summed E-state index contributed by atoms with van der Waals surface area (Å²) in [6.07, 6.45) is 0.427. The van der Waals surface area contributed by atoms with E-state index in [1.807, 2.05) is 23.1 Å². The molecular formula is C19H26N2O6. The Labute approximate surface area is 158 Å². The van der Waals surface area contributed by atoms with Crippen LogP contribution in [-0.2, 0) is 20.7 Å². The van der Waals surface area contributed by atoms with Gasteiger partial charge in [0.2, 0.25) is 5.91 Å². The fraction of sp³-hybridized carbons (Fsp3) is 0.579. The van der Waals surface area contributed by atoms with Gasteiger partial charge in [0.05, 0.1) is 32.3 Å². The summed E-state index contributed by atoms with van der Waals surface area (Å²) in [7, 11) is 3.35. The van der Waals surface area contributed by atoms with Crippen molar-refractivity contribution < 1.29 is 28.9 Å². The monoisotopic (exact) mass is 378 g/mol. The zero-order valence-corrected chi connectivity index (χ0v) is 15.7. The Hall–Kier alpha value is -2.32. The van der Waals surface area contributed by atoms with E-state index >= 15 is 0 Å². The number of aliphatic carboxylic acids is 1. The van der Waals surface area contributed by atoms with Gasteiger partial charge in [-0.1, -0.05) is 0 Å². The summed E-state index contributed by atoms with van der Waals surface area (Å²) in [4.78, 5) is 27.3. The highest BCUT2D eigenvalue weighted by atomic mass is 16.5. The number of hydrogen-bond donors (Lipinski definition) is 1. The third-order valence-corrected chi connectivity index (χ3v) is 4.89. The molecule has 2 aliphatic heterocycles. The maximum atomic E-state index is 13.0. The van der Waals surface area contributed by atoms with Crippen molar-refractivity contribution in [3.63, 3.8) is 0 Å². The lowest BCUT2D eigenvalue weighted by atomic mass is 9.95. The highest BCUT2D eigenvalue weighted by Crippen LogP contribution is 2.31. The molecule has 3 rings (SSSR count). The number of likely N-dealkylation sites (N-methyl/N-ethyl adjacent to an activating group) is 1. The predicted octanol–water partition coefficient (Wildman–Crippen LogP) is 0.490. The molecule has 0 aliphatic carbocycles. The molecule has 0 saturated carbocycles. The van der Waals surface area contributed by atoms with Gasteiger partial charge in [-0.15, -0.1) is 0 Å². The standard InChI is InChI=1S/C19H26N2O6/c1-20(11-18(22)23)9-16-10-21(5-6-26-16)19(24)14-7-13-8-15(25-2)3-4-17(13)27-12-14/h3-4,8,14,16H,5-7,9-12H2,1-2H3,(H,22,23). The number of rotatable bonds is 6. The second-order valence-electron chi connectivity index (χ2n) is 7.05. The van der Waals surface area contributed by atoms with Crippen molar-refractivity contribution in [2.24, 2.45) is 5.92 Å². The van der Waals surface area contributed by atoms with Gasteiger partial charge in [0, 0.05) is 19.6 Å². The molecule has 2 heterocycles. The van der Waals surface area contributed by atoms with Crippen molar-refractivity contribution in [1.82, 2.24) is 9.80 Å². The van der Waals surface area contributed by atoms with Gasteiger partial charge in [0.25, 0.3) is 0 Å². The number of hydrogen-bond acceptors (Lipinski definition) is 6. The maximum Gasteiger partial charge on any atom is 0.317 e. The van der Waals surface area contributed by atoms with E-state index in [1.165, 1.54) is 0 Å². The summed E-state index contributed by atoms with van der Waals surface area (Å²) in [6, 6.07) is 5.64. The van der Waals surface area contributed by atoms with Crippen LogP contribution in [0.15, 0.2) is 18.2 Å². The lowest BCUT2D eigenvalue weighted by Gasteiger charge is -2.37. The van der Waals surface area contributed by atoms with Gasteiger partial charge in [0.1, 0.15) is 18.1 Å². The normalized spacial score (nSPS) is 22.1. The summed E-state index contributed by atoms with van der Waals surface area (Å²) in [6.45, 7) is 2.23. The second kappa shape index (κ2) is 8.58. The lowest BCUT2D eigenvalue weighted by Crippen LogP contribution is -2.52. The average molecular weight is 378 g/mol. The Morgan fingerprint density at radius 3 is 2.96 bits per heavy atom. The molecule has 8 heteroatoms. The van der Waals surface area contributed by atoms with E-state index < -0.39 is 5.97 Å². The first kappa shape index (κ1) is 19.4. The Balaban J connectivity index is 1.59. The molecule has 148 valence electrons. The molecule has 1 aromatic carbocycles. The van der Waals surface area contributed by atoms with Gasteiger partial charge in [-0.05, 0) is 37.2 Å². The number of fused-ring (bicyclic) bond motifs is 1. The third-order valence-electron chi connectivity index (χ3n) is 4.89.